The fraction of sp³-hybridized carbons (Fsp3) is 0.647. The molecule has 1 fully saturated rings. The van der Waals surface area contributed by atoms with E-state index in [-0.39, 0.29) is 5.54 Å². The molecule has 3 heteroatoms. The SMILES string of the molecule is CCN(Cc1ccccc1)C1(CN)CCN(C)C(C)C1. The lowest BCUT2D eigenvalue weighted by atomic mass is 9.82. The number of likely N-dealkylation sites (tertiary alicyclic amines) is 1. The zero-order valence-electron chi connectivity index (χ0n) is 13.2. The van der Waals surface area contributed by atoms with Crippen LogP contribution in [-0.4, -0.2) is 48.1 Å². The van der Waals surface area contributed by atoms with Crippen molar-refractivity contribution in [3.8, 4) is 0 Å². The minimum Gasteiger partial charge on any atom is -0.329 e. The van der Waals surface area contributed by atoms with Crippen LogP contribution < -0.4 is 5.73 Å². The van der Waals surface area contributed by atoms with Crippen LogP contribution in [0.25, 0.3) is 0 Å². The van der Waals surface area contributed by atoms with Crippen molar-refractivity contribution < 1.29 is 0 Å². The molecule has 3 nitrogen and oxygen atoms in total. The second-order valence-corrected chi connectivity index (χ2v) is 6.21. The van der Waals surface area contributed by atoms with Crippen LogP contribution in [0.15, 0.2) is 30.3 Å². The fourth-order valence-electron chi connectivity index (χ4n) is 3.43. The van der Waals surface area contributed by atoms with Crippen LogP contribution in [-0.2, 0) is 6.54 Å². The van der Waals surface area contributed by atoms with Crippen LogP contribution >= 0.6 is 0 Å². The van der Waals surface area contributed by atoms with Crippen molar-refractivity contribution in [3.63, 3.8) is 0 Å². The molecule has 0 spiro atoms. The highest BCUT2D eigenvalue weighted by molar-refractivity contribution is 5.15. The summed E-state index contributed by atoms with van der Waals surface area (Å²) in [4.78, 5) is 5.04. The molecule has 2 atom stereocenters. The van der Waals surface area contributed by atoms with Gasteiger partial charge >= 0.3 is 0 Å². The molecule has 20 heavy (non-hydrogen) atoms. The molecule has 112 valence electrons. The van der Waals surface area contributed by atoms with E-state index in [4.69, 9.17) is 5.73 Å². The van der Waals surface area contributed by atoms with Crippen molar-refractivity contribution in [2.24, 2.45) is 5.73 Å². The summed E-state index contributed by atoms with van der Waals surface area (Å²) in [6.07, 6.45) is 2.34. The van der Waals surface area contributed by atoms with E-state index in [1.165, 1.54) is 18.4 Å². The summed E-state index contributed by atoms with van der Waals surface area (Å²) in [5.74, 6) is 0. The summed E-state index contributed by atoms with van der Waals surface area (Å²) >= 11 is 0. The molecule has 1 aliphatic rings. The molecule has 1 heterocycles. The number of rotatable bonds is 5. The Morgan fingerprint density at radius 2 is 2.05 bits per heavy atom. The first-order valence-electron chi connectivity index (χ1n) is 7.80. The lowest BCUT2D eigenvalue weighted by molar-refractivity contribution is 0.00818. The molecule has 1 aliphatic heterocycles. The third-order valence-corrected chi connectivity index (χ3v) is 5.01. The molecule has 0 aliphatic carbocycles. The van der Waals surface area contributed by atoms with Gasteiger partial charge in [-0.2, -0.15) is 0 Å². The second-order valence-electron chi connectivity index (χ2n) is 6.21. The van der Waals surface area contributed by atoms with Crippen LogP contribution in [0.1, 0.15) is 32.3 Å². The maximum atomic E-state index is 6.22. The maximum absolute atomic E-state index is 6.22. The normalized spacial score (nSPS) is 27.9. The number of nitrogens with zero attached hydrogens (tertiary/aromatic N) is 2. The highest BCUT2D eigenvalue weighted by atomic mass is 15.2. The zero-order valence-corrected chi connectivity index (χ0v) is 13.2. The summed E-state index contributed by atoms with van der Waals surface area (Å²) in [5.41, 5.74) is 7.76. The molecule has 0 aromatic heterocycles. The highest BCUT2D eigenvalue weighted by Gasteiger charge is 2.40. The minimum atomic E-state index is 0.163. The average molecular weight is 275 g/mol. The molecule has 0 radical (unpaired) electrons. The number of benzene rings is 1. The van der Waals surface area contributed by atoms with Crippen molar-refractivity contribution in [3.05, 3.63) is 35.9 Å². The van der Waals surface area contributed by atoms with Crippen LogP contribution in [0.4, 0.5) is 0 Å². The number of hydrogen-bond acceptors (Lipinski definition) is 3. The van der Waals surface area contributed by atoms with Crippen LogP contribution in [0.3, 0.4) is 0 Å². The second kappa shape index (κ2) is 6.70. The van der Waals surface area contributed by atoms with Gasteiger partial charge in [-0.05, 0) is 45.5 Å². The van der Waals surface area contributed by atoms with Gasteiger partial charge in [0.1, 0.15) is 0 Å². The van der Waals surface area contributed by atoms with Gasteiger partial charge < -0.3 is 10.6 Å². The number of piperidine rings is 1. The smallest absolute Gasteiger partial charge is 0.0362 e. The summed E-state index contributed by atoms with van der Waals surface area (Å²) in [5, 5.41) is 0. The quantitative estimate of drug-likeness (QED) is 0.895. The molecule has 0 saturated carbocycles. The largest absolute Gasteiger partial charge is 0.329 e. The van der Waals surface area contributed by atoms with Crippen LogP contribution in [0.2, 0.25) is 0 Å². The zero-order chi connectivity index (χ0) is 14.6. The van der Waals surface area contributed by atoms with Gasteiger partial charge in [-0.1, -0.05) is 37.3 Å². The lowest BCUT2D eigenvalue weighted by Gasteiger charge is -2.50. The van der Waals surface area contributed by atoms with Crippen LogP contribution in [0.5, 0.6) is 0 Å². The van der Waals surface area contributed by atoms with E-state index in [9.17, 15) is 0 Å². The molecule has 0 bridgehead atoms. The molecule has 1 aromatic rings. The molecule has 0 amide bonds. The van der Waals surface area contributed by atoms with Crippen molar-refractivity contribution in [1.82, 2.24) is 9.80 Å². The van der Waals surface area contributed by atoms with E-state index < -0.39 is 0 Å². The average Bonchev–Trinajstić information content (AvgIpc) is 2.49. The van der Waals surface area contributed by atoms with Gasteiger partial charge in [0.15, 0.2) is 0 Å². The van der Waals surface area contributed by atoms with Gasteiger partial charge in [-0.3, -0.25) is 4.90 Å². The Bertz CT molecular complexity index is 406. The van der Waals surface area contributed by atoms with E-state index >= 15 is 0 Å². The number of nitrogens with two attached hydrogens (primary N) is 1. The van der Waals surface area contributed by atoms with Gasteiger partial charge in [-0.15, -0.1) is 0 Å². The molecule has 1 saturated heterocycles. The lowest BCUT2D eigenvalue weighted by Crippen LogP contribution is -2.60. The van der Waals surface area contributed by atoms with E-state index in [0.29, 0.717) is 6.04 Å². The number of likely N-dealkylation sites (N-methyl/N-ethyl adjacent to an activating group) is 1. The van der Waals surface area contributed by atoms with E-state index in [0.717, 1.165) is 26.2 Å². The van der Waals surface area contributed by atoms with Gasteiger partial charge in [0.2, 0.25) is 0 Å². The maximum Gasteiger partial charge on any atom is 0.0362 e. The van der Waals surface area contributed by atoms with E-state index in [2.05, 4.69) is 61.0 Å². The summed E-state index contributed by atoms with van der Waals surface area (Å²) in [6.45, 7) is 8.53. The van der Waals surface area contributed by atoms with Gasteiger partial charge in [0.25, 0.3) is 0 Å². The van der Waals surface area contributed by atoms with E-state index in [1.54, 1.807) is 0 Å². The number of hydrogen-bond donors (Lipinski definition) is 1. The first-order chi connectivity index (χ1) is 9.61. The van der Waals surface area contributed by atoms with Crippen LogP contribution in [0, 0.1) is 0 Å². The predicted octanol–water partition coefficient (Wildman–Crippen LogP) is 2.32. The molecule has 1 aromatic carbocycles. The first kappa shape index (κ1) is 15.5. The Morgan fingerprint density at radius 1 is 1.35 bits per heavy atom. The first-order valence-corrected chi connectivity index (χ1v) is 7.80. The van der Waals surface area contributed by atoms with Gasteiger partial charge in [0.05, 0.1) is 0 Å². The summed E-state index contributed by atoms with van der Waals surface area (Å²) in [6, 6.07) is 11.4. The minimum absolute atomic E-state index is 0.163. The molecular formula is C17H29N3. The van der Waals surface area contributed by atoms with Gasteiger partial charge in [0, 0.05) is 24.7 Å². The Balaban J connectivity index is 2.15. The van der Waals surface area contributed by atoms with Crippen molar-refractivity contribution >= 4 is 0 Å². The third-order valence-electron chi connectivity index (χ3n) is 5.01. The molecule has 2 rings (SSSR count). The van der Waals surface area contributed by atoms with Crippen molar-refractivity contribution in [1.29, 1.82) is 0 Å². The summed E-state index contributed by atoms with van der Waals surface area (Å²) in [7, 11) is 2.22. The third kappa shape index (κ3) is 3.22. The van der Waals surface area contributed by atoms with Gasteiger partial charge in [-0.25, -0.2) is 0 Å². The molecular weight excluding hydrogens is 246 g/mol. The predicted molar refractivity (Wildman–Crippen MR) is 85.6 cm³/mol. The monoisotopic (exact) mass is 275 g/mol. The topological polar surface area (TPSA) is 32.5 Å². The van der Waals surface area contributed by atoms with Crippen molar-refractivity contribution in [2.75, 3.05) is 26.7 Å². The standard InChI is InChI=1S/C17H29N3/c1-4-20(13-16-8-6-5-7-9-16)17(14-18)10-11-19(3)15(2)12-17/h5-9,15H,4,10-14,18H2,1-3H3. The molecule has 2 unspecified atom stereocenters. The highest BCUT2D eigenvalue weighted by Crippen LogP contribution is 2.32. The Kier molecular flexibility index (Phi) is 5.19. The Morgan fingerprint density at radius 3 is 2.60 bits per heavy atom. The Hall–Kier alpha value is -0.900. The Labute approximate surface area is 123 Å². The summed E-state index contributed by atoms with van der Waals surface area (Å²) < 4.78 is 0. The fourth-order valence-corrected chi connectivity index (χ4v) is 3.43. The van der Waals surface area contributed by atoms with Crippen molar-refractivity contribution in [2.45, 2.75) is 44.8 Å². The molecule has 2 N–H and O–H groups in total. The van der Waals surface area contributed by atoms with E-state index in [1.807, 2.05) is 0 Å².